The number of urea groups is 1. The topological polar surface area (TPSA) is 240 Å². The maximum Gasteiger partial charge on any atom is 1.00 e. The van der Waals surface area contributed by atoms with Crippen LogP contribution in [-0.2, 0) is 14.4 Å². The van der Waals surface area contributed by atoms with Crippen molar-refractivity contribution in [1.29, 1.82) is 0 Å². The van der Waals surface area contributed by atoms with Gasteiger partial charge < -0.3 is 36.5 Å². The van der Waals surface area contributed by atoms with Gasteiger partial charge in [0, 0.05) is 17.5 Å². The molecule has 1 saturated heterocycles. The van der Waals surface area contributed by atoms with E-state index in [2.05, 4.69) is 30.8 Å². The van der Waals surface area contributed by atoms with Crippen LogP contribution in [0.3, 0.4) is 0 Å². The number of hydrogen-bond acceptors (Lipinski definition) is 15. The number of primary amides is 1. The second-order valence-corrected chi connectivity index (χ2v) is 13.9. The molecule has 4 amide bonds. The number of carboxylic acids is 1. The maximum absolute atomic E-state index is 13.9. The van der Waals surface area contributed by atoms with Crippen molar-refractivity contribution in [2.75, 3.05) is 21.7 Å². The van der Waals surface area contributed by atoms with Gasteiger partial charge in [0.1, 0.15) is 33.9 Å². The molecule has 2 aliphatic rings. The number of fused-ring (bicyclic) bond motifs is 1. The fourth-order valence-corrected chi connectivity index (χ4v) is 8.12. The van der Waals surface area contributed by atoms with Crippen molar-refractivity contribution in [3.63, 3.8) is 0 Å². The number of anilines is 2. The molecule has 1 aromatic carbocycles. The van der Waals surface area contributed by atoms with Gasteiger partial charge in [-0.2, -0.15) is 4.98 Å². The number of β-lactam (4-membered cyclic amide) rings is 1. The summed E-state index contributed by atoms with van der Waals surface area (Å²) in [6, 6.07) is 1.35. The zero-order chi connectivity index (χ0) is 33.3. The number of carbonyl (C=O) groups is 4. The number of nitrogens with zero attached hydrogens (tertiary/aromatic N) is 6. The van der Waals surface area contributed by atoms with E-state index >= 15 is 0 Å². The molecule has 20 heteroatoms. The number of amides is 4. The van der Waals surface area contributed by atoms with Crippen molar-refractivity contribution >= 4 is 70.3 Å². The Labute approximate surface area is 302 Å². The van der Waals surface area contributed by atoms with Crippen LogP contribution in [0.15, 0.2) is 46.1 Å². The van der Waals surface area contributed by atoms with E-state index in [1.165, 1.54) is 59.1 Å². The van der Waals surface area contributed by atoms with Crippen molar-refractivity contribution in [3.8, 4) is 11.6 Å². The summed E-state index contributed by atoms with van der Waals surface area (Å²) in [6.45, 7) is 5.46. The number of thioether (sulfide) groups is 2. The second kappa shape index (κ2) is 15.1. The third kappa shape index (κ3) is 7.76. The summed E-state index contributed by atoms with van der Waals surface area (Å²) in [5.41, 5.74) is 5.79. The molecule has 4 heterocycles. The summed E-state index contributed by atoms with van der Waals surface area (Å²) in [4.78, 5) is 62.3. The molecule has 16 nitrogen and oxygen atoms in total. The average Bonchev–Trinajstić information content (AvgIpc) is 3.42. The zero-order valence-corrected chi connectivity index (χ0v) is 30.0. The van der Waals surface area contributed by atoms with E-state index in [0.717, 1.165) is 21.0 Å². The van der Waals surface area contributed by atoms with Crippen LogP contribution in [0.2, 0.25) is 0 Å². The minimum Gasteiger partial charge on any atom is -0.543 e. The van der Waals surface area contributed by atoms with E-state index in [1.54, 1.807) is 6.92 Å². The molecule has 3 aromatic rings. The van der Waals surface area contributed by atoms with Gasteiger partial charge in [-0.05, 0) is 44.0 Å². The van der Waals surface area contributed by atoms with Crippen molar-refractivity contribution in [2.45, 2.75) is 48.6 Å². The normalized spacial score (nSPS) is 17.7. The van der Waals surface area contributed by atoms with Gasteiger partial charge >= 0.3 is 35.6 Å². The number of hydrogen-bond donors (Lipinski definition) is 5. The first-order chi connectivity index (χ1) is 21.8. The molecule has 242 valence electrons. The molecule has 2 unspecified atom stereocenters. The molecule has 2 aromatic heterocycles. The van der Waals surface area contributed by atoms with Gasteiger partial charge in [-0.3, -0.25) is 19.4 Å². The van der Waals surface area contributed by atoms with Crippen LogP contribution in [0.4, 0.5) is 16.4 Å². The van der Waals surface area contributed by atoms with Crippen LogP contribution in [0.5, 0.6) is 11.6 Å². The van der Waals surface area contributed by atoms with Crippen molar-refractivity contribution in [3.05, 3.63) is 52.3 Å². The molecule has 3 atom stereocenters. The first-order valence-electron chi connectivity index (χ1n) is 13.7. The molecule has 0 saturated carbocycles. The molecule has 47 heavy (non-hydrogen) atoms. The third-order valence-electron chi connectivity index (χ3n) is 6.80. The quantitative estimate of drug-likeness (QED) is 0.0799. The Morgan fingerprint density at radius 1 is 1.21 bits per heavy atom. The van der Waals surface area contributed by atoms with Gasteiger partial charge in [-0.15, -0.1) is 22.0 Å². The van der Waals surface area contributed by atoms with E-state index in [1.807, 2.05) is 13.8 Å². The molecule has 0 aliphatic carbocycles. The first-order valence-corrected chi connectivity index (χ1v) is 16.5. The van der Waals surface area contributed by atoms with E-state index in [4.69, 9.17) is 5.73 Å². The second-order valence-electron chi connectivity index (χ2n) is 10.4. The maximum atomic E-state index is 13.9. The zero-order valence-electron chi connectivity index (χ0n) is 25.5. The van der Waals surface area contributed by atoms with Crippen LogP contribution >= 0.6 is 34.9 Å². The van der Waals surface area contributed by atoms with Crippen molar-refractivity contribution < 1.29 is 64.1 Å². The largest absolute Gasteiger partial charge is 1.00 e. The minimum absolute atomic E-state index is 0. The molecule has 5 rings (SSSR count). The van der Waals surface area contributed by atoms with Crippen LogP contribution in [0.25, 0.3) is 0 Å². The van der Waals surface area contributed by atoms with E-state index < -0.39 is 47.2 Å². The molecule has 6 N–H and O–H groups in total. The van der Waals surface area contributed by atoms with E-state index in [0.29, 0.717) is 9.91 Å². The SMILES string of the molecule is Cc1nnc(SCC2=C(C(=O)[O-])N3C(=O)C(NC(=O)C(c4ccc(O)cc4)N(C(N)=O)c4cnc(NC(C)C)nc4O)[C@H]3SC2)s1.[Na+]. The van der Waals surface area contributed by atoms with Gasteiger partial charge in [-0.1, -0.05) is 35.2 Å². The Bertz CT molecular complexity index is 1720. The number of aromatic nitrogens is 4. The smallest absolute Gasteiger partial charge is 0.543 e. The first kappa shape index (κ1) is 36.2. The van der Waals surface area contributed by atoms with Gasteiger partial charge in [0.2, 0.25) is 17.7 Å². The number of aryl methyl sites for hydroxylation is 1. The summed E-state index contributed by atoms with van der Waals surface area (Å²) in [5, 5.41) is 46.3. The van der Waals surface area contributed by atoms with Crippen molar-refractivity contribution in [1.82, 2.24) is 30.4 Å². The molecular weight excluding hydrogens is 682 g/mol. The third-order valence-corrected chi connectivity index (χ3v) is 10.2. The number of carboxylic acid groups (broad SMARTS) is 1. The van der Waals surface area contributed by atoms with Crippen LogP contribution in [-0.4, -0.2) is 88.1 Å². The summed E-state index contributed by atoms with van der Waals surface area (Å²) in [6.07, 6.45) is 1.12. The summed E-state index contributed by atoms with van der Waals surface area (Å²) in [5.74, 6) is -3.32. The summed E-state index contributed by atoms with van der Waals surface area (Å²) in [7, 11) is 0. The summed E-state index contributed by atoms with van der Waals surface area (Å²) >= 11 is 3.91. The minimum atomic E-state index is -1.56. The van der Waals surface area contributed by atoms with Crippen LogP contribution in [0.1, 0.15) is 30.5 Å². The van der Waals surface area contributed by atoms with Crippen LogP contribution < -0.4 is 55.9 Å². The number of carbonyl (C=O) groups excluding carboxylic acids is 4. The molecule has 0 radical (unpaired) electrons. The molecule has 0 bridgehead atoms. The molecule has 2 aliphatic heterocycles. The van der Waals surface area contributed by atoms with Gasteiger partial charge in [0.05, 0.1) is 17.9 Å². The number of benzene rings is 1. The number of phenols is 1. The Balaban J connectivity index is 0.00000500. The number of aromatic hydroxyl groups is 2. The summed E-state index contributed by atoms with van der Waals surface area (Å²) < 4.78 is 0.649. The van der Waals surface area contributed by atoms with Crippen molar-refractivity contribution in [2.24, 2.45) is 5.73 Å². The number of nitrogens with two attached hydrogens (primary N) is 1. The Hall–Kier alpha value is -3.62. The fraction of sp³-hybridized carbons (Fsp3) is 0.333. The van der Waals surface area contributed by atoms with Crippen LogP contribution in [0, 0.1) is 6.92 Å². The van der Waals surface area contributed by atoms with Gasteiger partial charge in [0.15, 0.2) is 4.34 Å². The molecule has 1 fully saturated rings. The number of rotatable bonds is 11. The van der Waals surface area contributed by atoms with E-state index in [-0.39, 0.29) is 75.8 Å². The predicted molar refractivity (Wildman–Crippen MR) is 168 cm³/mol. The fourth-order valence-electron chi connectivity index (χ4n) is 4.82. The molecule has 0 spiro atoms. The Morgan fingerprint density at radius 2 is 1.91 bits per heavy atom. The number of aliphatic carboxylic acids is 1. The predicted octanol–water partition coefficient (Wildman–Crippen LogP) is -2.31. The van der Waals surface area contributed by atoms with E-state index in [9.17, 15) is 34.5 Å². The Morgan fingerprint density at radius 3 is 2.49 bits per heavy atom. The Kier molecular flexibility index (Phi) is 11.6. The standard InChI is InChI=1S/C27H29N9O7S3.Na/c1-11(2)30-26-29-8-16(20(38)32-26)35(25(28)43)18(13-4-6-15(37)7-5-13)21(39)31-17-22(40)36-19(24(41)42)14(9-44-23(17)36)10-45-27-34-33-12(3)46-27;/h4-8,11,17-18,23,37H,9-10H2,1-3H3,(H2,28,43)(H,31,39)(H,41,42)(H2,29,30,32,38);/q;+1/p-1/t17?,18?,23-;/m1./s1. The molecular formula is C27H28N9NaO7S3. The monoisotopic (exact) mass is 709 g/mol. The van der Waals surface area contributed by atoms with Gasteiger partial charge in [0.25, 0.3) is 5.91 Å². The number of nitrogens with one attached hydrogen (secondary N) is 2. The van der Waals surface area contributed by atoms with Gasteiger partial charge in [-0.25, -0.2) is 9.78 Å². The number of phenolic OH excluding ortho intramolecular Hbond substituents is 1. The average molecular weight is 710 g/mol.